The standard InChI is InChI=1S/C24H14N2OS2/c27-20-13-14-9-10-15(23-25-18-5-1-3-7-21(18)28-23)11-16(14)12-17(20)24-26-19-6-2-4-8-22(19)29-24/h1-13,27H. The molecule has 6 aromatic rings. The van der Waals surface area contributed by atoms with Crippen LogP contribution in [-0.4, -0.2) is 15.1 Å². The van der Waals surface area contributed by atoms with Crippen LogP contribution in [0.15, 0.2) is 78.9 Å². The number of nitrogens with zero attached hydrogens (tertiary/aromatic N) is 2. The molecule has 0 bridgehead atoms. The van der Waals surface area contributed by atoms with Gasteiger partial charge < -0.3 is 5.11 Å². The molecule has 2 heterocycles. The van der Waals surface area contributed by atoms with Crippen LogP contribution in [0, 0.1) is 0 Å². The lowest BCUT2D eigenvalue weighted by Gasteiger charge is -2.06. The van der Waals surface area contributed by atoms with E-state index in [2.05, 4.69) is 24.3 Å². The molecule has 5 heteroatoms. The van der Waals surface area contributed by atoms with Crippen molar-refractivity contribution in [3.63, 3.8) is 0 Å². The second-order valence-electron chi connectivity index (χ2n) is 6.90. The van der Waals surface area contributed by atoms with Crippen LogP contribution >= 0.6 is 22.7 Å². The molecule has 1 N–H and O–H groups in total. The summed E-state index contributed by atoms with van der Waals surface area (Å²) in [7, 11) is 0. The summed E-state index contributed by atoms with van der Waals surface area (Å²) in [5.74, 6) is 0.254. The highest BCUT2D eigenvalue weighted by atomic mass is 32.1. The zero-order valence-corrected chi connectivity index (χ0v) is 16.8. The molecule has 2 aromatic heterocycles. The highest BCUT2D eigenvalue weighted by Gasteiger charge is 2.13. The molecule has 138 valence electrons. The molecule has 0 aliphatic carbocycles. The Labute approximate surface area is 174 Å². The van der Waals surface area contributed by atoms with Crippen LogP contribution in [0.25, 0.3) is 52.3 Å². The number of thiazole rings is 2. The number of para-hydroxylation sites is 2. The third-order valence-corrected chi connectivity index (χ3v) is 7.18. The Balaban J connectivity index is 1.51. The number of aromatic hydroxyl groups is 1. The lowest BCUT2D eigenvalue weighted by Crippen LogP contribution is -1.82. The number of rotatable bonds is 2. The van der Waals surface area contributed by atoms with Crippen LogP contribution in [0.3, 0.4) is 0 Å². The molecule has 0 amide bonds. The fourth-order valence-electron chi connectivity index (χ4n) is 3.57. The normalized spacial score (nSPS) is 11.6. The van der Waals surface area contributed by atoms with E-state index in [-0.39, 0.29) is 5.75 Å². The average molecular weight is 411 g/mol. The predicted molar refractivity (Wildman–Crippen MR) is 123 cm³/mol. The van der Waals surface area contributed by atoms with Crippen LogP contribution in [0.1, 0.15) is 0 Å². The van der Waals surface area contributed by atoms with Crippen LogP contribution in [0.2, 0.25) is 0 Å². The van der Waals surface area contributed by atoms with Gasteiger partial charge in [-0.1, -0.05) is 36.4 Å². The Kier molecular flexibility index (Phi) is 3.66. The Hall–Kier alpha value is -3.28. The van der Waals surface area contributed by atoms with Gasteiger partial charge in [-0.2, -0.15) is 0 Å². The highest BCUT2D eigenvalue weighted by Crippen LogP contribution is 2.39. The maximum Gasteiger partial charge on any atom is 0.128 e. The topological polar surface area (TPSA) is 46.0 Å². The van der Waals surface area contributed by atoms with Gasteiger partial charge in [0, 0.05) is 5.56 Å². The van der Waals surface area contributed by atoms with Crippen LogP contribution in [0.5, 0.6) is 5.75 Å². The first-order valence-electron chi connectivity index (χ1n) is 9.23. The maximum atomic E-state index is 10.6. The summed E-state index contributed by atoms with van der Waals surface area (Å²) >= 11 is 3.29. The second-order valence-corrected chi connectivity index (χ2v) is 8.97. The lowest BCUT2D eigenvalue weighted by atomic mass is 10.0. The number of phenolic OH excluding ortho intramolecular Hbond substituents is 1. The van der Waals surface area contributed by atoms with E-state index in [1.165, 1.54) is 4.70 Å². The van der Waals surface area contributed by atoms with E-state index < -0.39 is 0 Å². The van der Waals surface area contributed by atoms with Crippen molar-refractivity contribution in [2.45, 2.75) is 0 Å². The summed E-state index contributed by atoms with van der Waals surface area (Å²) < 4.78 is 2.30. The van der Waals surface area contributed by atoms with Crippen LogP contribution < -0.4 is 0 Å². The zero-order chi connectivity index (χ0) is 19.4. The molecule has 0 fully saturated rings. The molecule has 0 atom stereocenters. The van der Waals surface area contributed by atoms with Crippen molar-refractivity contribution >= 4 is 53.9 Å². The third kappa shape index (κ3) is 2.78. The van der Waals surface area contributed by atoms with Crippen molar-refractivity contribution in [2.24, 2.45) is 0 Å². The molecule has 0 spiro atoms. The minimum atomic E-state index is 0.254. The maximum absolute atomic E-state index is 10.6. The van der Waals surface area contributed by atoms with Crippen molar-refractivity contribution < 1.29 is 5.11 Å². The van der Waals surface area contributed by atoms with Gasteiger partial charge in [0.25, 0.3) is 0 Å². The van der Waals surface area contributed by atoms with Crippen molar-refractivity contribution in [3.8, 4) is 26.9 Å². The summed E-state index contributed by atoms with van der Waals surface area (Å²) in [6, 6.07) is 26.3. The van der Waals surface area contributed by atoms with E-state index in [1.54, 1.807) is 22.7 Å². The first kappa shape index (κ1) is 16.7. The van der Waals surface area contributed by atoms with Crippen LogP contribution in [0.4, 0.5) is 0 Å². The van der Waals surface area contributed by atoms with Gasteiger partial charge in [-0.05, 0) is 53.2 Å². The van der Waals surface area contributed by atoms with Crippen molar-refractivity contribution in [3.05, 3.63) is 78.9 Å². The van der Waals surface area contributed by atoms with Gasteiger partial charge in [0.1, 0.15) is 15.8 Å². The summed E-state index contributed by atoms with van der Waals surface area (Å²) in [4.78, 5) is 9.48. The van der Waals surface area contributed by atoms with E-state index in [0.717, 1.165) is 47.6 Å². The van der Waals surface area contributed by atoms with Gasteiger partial charge in [0.15, 0.2) is 0 Å². The smallest absolute Gasteiger partial charge is 0.128 e. The highest BCUT2D eigenvalue weighted by molar-refractivity contribution is 7.22. The minimum absolute atomic E-state index is 0.254. The Morgan fingerprint density at radius 2 is 1.28 bits per heavy atom. The molecule has 4 aromatic carbocycles. The Morgan fingerprint density at radius 3 is 2.00 bits per heavy atom. The van der Waals surface area contributed by atoms with Crippen molar-refractivity contribution in [1.29, 1.82) is 0 Å². The first-order valence-corrected chi connectivity index (χ1v) is 10.9. The predicted octanol–water partition coefficient (Wildman–Crippen LogP) is 7.10. The largest absolute Gasteiger partial charge is 0.507 e. The summed E-state index contributed by atoms with van der Waals surface area (Å²) in [5, 5.41) is 14.5. The molecule has 0 unspecified atom stereocenters. The molecule has 0 radical (unpaired) electrons. The van der Waals surface area contributed by atoms with E-state index in [4.69, 9.17) is 9.97 Å². The summed E-state index contributed by atoms with van der Waals surface area (Å²) in [5.41, 5.74) is 3.82. The Morgan fingerprint density at radius 1 is 0.621 bits per heavy atom. The first-order chi connectivity index (χ1) is 14.2. The number of hydrogen-bond donors (Lipinski definition) is 1. The summed E-state index contributed by atoms with van der Waals surface area (Å²) in [6.07, 6.45) is 0. The Bertz CT molecular complexity index is 1460. The van der Waals surface area contributed by atoms with Gasteiger partial charge in [0.05, 0.1) is 26.0 Å². The number of benzene rings is 4. The molecular weight excluding hydrogens is 396 g/mol. The second kappa shape index (κ2) is 6.37. The van der Waals surface area contributed by atoms with Gasteiger partial charge in [-0.25, -0.2) is 9.97 Å². The van der Waals surface area contributed by atoms with E-state index in [9.17, 15) is 5.11 Å². The number of phenols is 1. The van der Waals surface area contributed by atoms with E-state index in [1.807, 2.05) is 54.6 Å². The van der Waals surface area contributed by atoms with Crippen molar-refractivity contribution in [1.82, 2.24) is 9.97 Å². The average Bonchev–Trinajstić information content (AvgIpc) is 3.37. The molecule has 0 saturated heterocycles. The third-order valence-electron chi connectivity index (χ3n) is 5.02. The van der Waals surface area contributed by atoms with Gasteiger partial charge >= 0.3 is 0 Å². The molecule has 0 aliphatic rings. The minimum Gasteiger partial charge on any atom is -0.507 e. The molecule has 3 nitrogen and oxygen atoms in total. The SMILES string of the molecule is Oc1cc2ccc(-c3nc4ccccc4s3)cc2cc1-c1nc2ccccc2s1. The van der Waals surface area contributed by atoms with Gasteiger partial charge in [-0.3, -0.25) is 0 Å². The number of fused-ring (bicyclic) bond motifs is 3. The molecule has 6 rings (SSSR count). The molecule has 29 heavy (non-hydrogen) atoms. The van der Waals surface area contributed by atoms with Gasteiger partial charge in [0.2, 0.25) is 0 Å². The summed E-state index contributed by atoms with van der Waals surface area (Å²) in [6.45, 7) is 0. The van der Waals surface area contributed by atoms with Crippen molar-refractivity contribution in [2.75, 3.05) is 0 Å². The van der Waals surface area contributed by atoms with E-state index >= 15 is 0 Å². The monoisotopic (exact) mass is 410 g/mol. The number of aromatic nitrogens is 2. The zero-order valence-electron chi connectivity index (χ0n) is 15.2. The quantitative estimate of drug-likeness (QED) is 0.331. The molecule has 0 aliphatic heterocycles. The van der Waals surface area contributed by atoms with E-state index in [0.29, 0.717) is 0 Å². The molecule has 0 saturated carbocycles. The lowest BCUT2D eigenvalue weighted by molar-refractivity contribution is 0.478. The van der Waals surface area contributed by atoms with Gasteiger partial charge in [-0.15, -0.1) is 22.7 Å². The van der Waals surface area contributed by atoms with Crippen LogP contribution in [-0.2, 0) is 0 Å². The number of hydrogen-bond acceptors (Lipinski definition) is 5. The molecular formula is C24H14N2OS2. The fourth-order valence-corrected chi connectivity index (χ4v) is 5.53. The fraction of sp³-hybridized carbons (Fsp3) is 0.